The summed E-state index contributed by atoms with van der Waals surface area (Å²) in [4.78, 5) is 29.8. The van der Waals surface area contributed by atoms with Crippen molar-refractivity contribution in [1.29, 1.82) is 0 Å². The molecule has 4 rings (SSSR count). The zero-order chi connectivity index (χ0) is 26.3. The van der Waals surface area contributed by atoms with Crippen LogP contribution in [0.25, 0.3) is 0 Å². The fourth-order valence-corrected chi connectivity index (χ4v) is 6.30. The number of nitrogens with one attached hydrogen (secondary N) is 1. The number of benzene rings is 2. The summed E-state index contributed by atoms with van der Waals surface area (Å²) in [5, 5.41) is 3.23. The lowest BCUT2D eigenvalue weighted by Crippen LogP contribution is -2.52. The van der Waals surface area contributed by atoms with Gasteiger partial charge in [0.15, 0.2) is 0 Å². The topological polar surface area (TPSA) is 52.7 Å². The Morgan fingerprint density at radius 1 is 0.919 bits per heavy atom. The van der Waals surface area contributed by atoms with Gasteiger partial charge in [-0.15, -0.1) is 0 Å². The molecule has 2 aromatic rings. The summed E-state index contributed by atoms with van der Waals surface area (Å²) in [6.45, 7) is 3.78. The number of carbonyl (C=O) groups is 2. The number of amides is 2. The van der Waals surface area contributed by atoms with Crippen LogP contribution in [0.4, 0.5) is 0 Å². The number of hydrogen-bond acceptors (Lipinski definition) is 3. The van der Waals surface area contributed by atoms with Crippen molar-refractivity contribution < 1.29 is 9.59 Å². The first kappa shape index (κ1) is 27.4. The molecule has 37 heavy (non-hydrogen) atoms. The number of hydrogen-bond donors (Lipinski definition) is 1. The van der Waals surface area contributed by atoms with Crippen LogP contribution >= 0.6 is 0 Å². The normalized spacial score (nSPS) is 22.7. The van der Waals surface area contributed by atoms with Crippen LogP contribution in [0.15, 0.2) is 54.6 Å². The van der Waals surface area contributed by atoms with Gasteiger partial charge in [0, 0.05) is 37.5 Å². The quantitative estimate of drug-likeness (QED) is 0.514. The Morgan fingerprint density at radius 2 is 1.59 bits per heavy atom. The Hall–Kier alpha value is -2.66. The van der Waals surface area contributed by atoms with Crippen molar-refractivity contribution >= 4 is 11.8 Å². The van der Waals surface area contributed by atoms with Crippen LogP contribution < -0.4 is 5.32 Å². The lowest BCUT2D eigenvalue weighted by Gasteiger charge is -2.45. The van der Waals surface area contributed by atoms with E-state index in [4.69, 9.17) is 0 Å². The van der Waals surface area contributed by atoms with Crippen molar-refractivity contribution in [3.05, 3.63) is 71.3 Å². The zero-order valence-electron chi connectivity index (χ0n) is 23.0. The number of piperidine rings is 1. The van der Waals surface area contributed by atoms with Gasteiger partial charge in [-0.25, -0.2) is 0 Å². The lowest BCUT2D eigenvalue weighted by molar-refractivity contribution is -0.135. The van der Waals surface area contributed by atoms with Gasteiger partial charge < -0.3 is 15.1 Å². The highest BCUT2D eigenvalue weighted by molar-refractivity contribution is 5.84. The van der Waals surface area contributed by atoms with E-state index < -0.39 is 0 Å². The second-order valence-corrected chi connectivity index (χ2v) is 11.6. The van der Waals surface area contributed by atoms with E-state index in [1.807, 2.05) is 4.90 Å². The smallest absolute Gasteiger partial charge is 0.223 e. The van der Waals surface area contributed by atoms with Crippen LogP contribution in [-0.4, -0.2) is 60.4 Å². The average Bonchev–Trinajstić information content (AvgIpc) is 2.89. The molecule has 0 bridgehead atoms. The summed E-state index contributed by atoms with van der Waals surface area (Å²) in [6.07, 6.45) is 8.93. The van der Waals surface area contributed by atoms with E-state index in [9.17, 15) is 9.59 Å². The molecule has 1 saturated carbocycles. The molecule has 1 aliphatic heterocycles. The molecule has 0 atom stereocenters. The summed E-state index contributed by atoms with van der Waals surface area (Å²) in [7, 11) is 4.37. The highest BCUT2D eigenvalue weighted by Gasteiger charge is 2.37. The largest absolute Gasteiger partial charge is 0.353 e. The predicted molar refractivity (Wildman–Crippen MR) is 150 cm³/mol. The Labute approximate surface area is 223 Å². The number of rotatable bonds is 9. The Morgan fingerprint density at radius 3 is 2.24 bits per heavy atom. The van der Waals surface area contributed by atoms with Crippen LogP contribution in [0, 0.1) is 12.8 Å². The summed E-state index contributed by atoms with van der Waals surface area (Å²) >= 11 is 0. The summed E-state index contributed by atoms with van der Waals surface area (Å²) < 4.78 is 0. The molecule has 0 unspecified atom stereocenters. The minimum Gasteiger partial charge on any atom is -0.353 e. The van der Waals surface area contributed by atoms with E-state index in [0.29, 0.717) is 18.8 Å². The summed E-state index contributed by atoms with van der Waals surface area (Å²) in [5.74, 6) is 0.788. The lowest BCUT2D eigenvalue weighted by atomic mass is 9.74. The molecule has 2 aromatic carbocycles. The standard InChI is InChI=1S/C32H45N3O2/c1-25-8-7-11-28(22-25)24-32(34(2)3)18-14-29(15-19-32)33-30(36)12-13-31(37)35-20-16-27(17-21-35)23-26-9-5-4-6-10-26/h4-11,22,27,29H,12-21,23-24H2,1-3H3,(H,33,36). The molecule has 2 amide bonds. The van der Waals surface area contributed by atoms with E-state index in [1.165, 1.54) is 16.7 Å². The first-order valence-corrected chi connectivity index (χ1v) is 14.2. The monoisotopic (exact) mass is 503 g/mol. The van der Waals surface area contributed by atoms with Crippen LogP contribution in [0.1, 0.15) is 68.1 Å². The van der Waals surface area contributed by atoms with Gasteiger partial charge in [-0.3, -0.25) is 9.59 Å². The molecule has 0 aromatic heterocycles. The van der Waals surface area contributed by atoms with Crippen LogP contribution in [0.2, 0.25) is 0 Å². The zero-order valence-corrected chi connectivity index (χ0v) is 23.0. The summed E-state index contributed by atoms with van der Waals surface area (Å²) in [5.41, 5.74) is 4.21. The molecule has 5 nitrogen and oxygen atoms in total. The maximum absolute atomic E-state index is 12.8. The van der Waals surface area contributed by atoms with Crippen molar-refractivity contribution in [2.45, 2.75) is 82.7 Å². The van der Waals surface area contributed by atoms with Gasteiger partial charge in [-0.05, 0) is 89.4 Å². The van der Waals surface area contributed by atoms with Gasteiger partial charge in [0.1, 0.15) is 0 Å². The predicted octanol–water partition coefficient (Wildman–Crippen LogP) is 5.16. The molecule has 2 fully saturated rings. The second-order valence-electron chi connectivity index (χ2n) is 11.6. The van der Waals surface area contributed by atoms with E-state index in [-0.39, 0.29) is 23.4 Å². The number of nitrogens with zero attached hydrogens (tertiary/aromatic N) is 2. The van der Waals surface area contributed by atoms with Gasteiger partial charge in [0.25, 0.3) is 0 Å². The van der Waals surface area contributed by atoms with Gasteiger partial charge >= 0.3 is 0 Å². The highest BCUT2D eigenvalue weighted by atomic mass is 16.2. The van der Waals surface area contributed by atoms with Crippen molar-refractivity contribution in [3.8, 4) is 0 Å². The van der Waals surface area contributed by atoms with Crippen LogP contribution in [0.5, 0.6) is 0 Å². The van der Waals surface area contributed by atoms with Crippen molar-refractivity contribution in [3.63, 3.8) is 0 Å². The van der Waals surface area contributed by atoms with E-state index in [2.05, 4.69) is 85.8 Å². The Kier molecular flexibility index (Phi) is 9.42. The number of aryl methyl sites for hydroxylation is 1. The second kappa shape index (κ2) is 12.7. The molecular weight excluding hydrogens is 458 g/mol. The Balaban J connectivity index is 1.17. The first-order valence-electron chi connectivity index (χ1n) is 14.2. The van der Waals surface area contributed by atoms with Crippen LogP contribution in [-0.2, 0) is 22.4 Å². The maximum atomic E-state index is 12.8. The SMILES string of the molecule is Cc1cccc(CC2(N(C)C)CCC(NC(=O)CCC(=O)N3CCC(Cc4ccccc4)CC3)CC2)c1. The minimum absolute atomic E-state index is 0.0216. The molecule has 1 N–H and O–H groups in total. The number of likely N-dealkylation sites (tertiary alicyclic amines) is 1. The molecule has 1 aliphatic carbocycles. The average molecular weight is 504 g/mol. The molecule has 1 saturated heterocycles. The Bertz CT molecular complexity index is 1020. The number of carbonyl (C=O) groups excluding carboxylic acids is 2. The molecule has 5 heteroatoms. The first-order chi connectivity index (χ1) is 17.8. The van der Waals surface area contributed by atoms with Gasteiger partial charge in [0.05, 0.1) is 0 Å². The van der Waals surface area contributed by atoms with E-state index in [0.717, 1.165) is 64.5 Å². The number of likely N-dealkylation sites (N-methyl/N-ethyl adjacent to an activating group) is 1. The molecule has 2 aliphatic rings. The van der Waals surface area contributed by atoms with Gasteiger partial charge in [0.2, 0.25) is 11.8 Å². The van der Waals surface area contributed by atoms with E-state index >= 15 is 0 Å². The third-order valence-corrected chi connectivity index (χ3v) is 8.75. The fraction of sp³-hybridized carbons (Fsp3) is 0.562. The molecule has 200 valence electrons. The van der Waals surface area contributed by atoms with Crippen LogP contribution in [0.3, 0.4) is 0 Å². The van der Waals surface area contributed by atoms with Gasteiger partial charge in [-0.1, -0.05) is 60.2 Å². The van der Waals surface area contributed by atoms with Crippen molar-refractivity contribution in [1.82, 2.24) is 15.1 Å². The van der Waals surface area contributed by atoms with Crippen molar-refractivity contribution in [2.75, 3.05) is 27.2 Å². The molecule has 0 radical (unpaired) electrons. The molecule has 0 spiro atoms. The third kappa shape index (κ3) is 7.67. The van der Waals surface area contributed by atoms with Gasteiger partial charge in [-0.2, -0.15) is 0 Å². The summed E-state index contributed by atoms with van der Waals surface area (Å²) in [6, 6.07) is 19.6. The third-order valence-electron chi connectivity index (χ3n) is 8.75. The fourth-order valence-electron chi connectivity index (χ4n) is 6.30. The van der Waals surface area contributed by atoms with Crippen molar-refractivity contribution in [2.24, 2.45) is 5.92 Å². The minimum atomic E-state index is 0.0216. The highest BCUT2D eigenvalue weighted by Crippen LogP contribution is 2.35. The maximum Gasteiger partial charge on any atom is 0.223 e. The molecular formula is C32H45N3O2. The van der Waals surface area contributed by atoms with E-state index in [1.54, 1.807) is 0 Å². The molecule has 1 heterocycles.